The van der Waals surface area contributed by atoms with Crippen LogP contribution in [0.4, 0.5) is 0 Å². The number of aromatic nitrogens is 2. The molecule has 0 radical (unpaired) electrons. The van der Waals surface area contributed by atoms with Gasteiger partial charge in [0.05, 0.1) is 11.1 Å². The zero-order valence-electron chi connectivity index (χ0n) is 11.6. The van der Waals surface area contributed by atoms with Gasteiger partial charge in [-0.15, -0.1) is 11.3 Å². The van der Waals surface area contributed by atoms with Gasteiger partial charge < -0.3 is 5.11 Å². The molecule has 0 unspecified atom stereocenters. The average molecular weight is 325 g/mol. The van der Waals surface area contributed by atoms with Crippen LogP contribution in [0.15, 0.2) is 28.7 Å². The third-order valence-electron chi connectivity index (χ3n) is 2.80. The van der Waals surface area contributed by atoms with Crippen molar-refractivity contribution in [2.75, 3.05) is 13.7 Å². The van der Waals surface area contributed by atoms with Crippen molar-refractivity contribution in [2.24, 2.45) is 7.05 Å². The van der Waals surface area contributed by atoms with Crippen LogP contribution in [0, 0.1) is 11.8 Å². The number of hydrogen-bond donors (Lipinski definition) is 1. The maximum Gasteiger partial charge on any atom is 0.260 e. The van der Waals surface area contributed by atoms with E-state index in [-0.39, 0.29) is 18.2 Å². The third-order valence-corrected chi connectivity index (χ3v) is 5.57. The molecule has 0 aliphatic heterocycles. The lowest BCUT2D eigenvalue weighted by Gasteiger charge is -2.16. The predicted octanol–water partition coefficient (Wildman–Crippen LogP) is 0.646. The second-order valence-corrected chi connectivity index (χ2v) is 7.24. The normalized spacial score (nSPS) is 11.4. The van der Waals surface area contributed by atoms with E-state index in [0.29, 0.717) is 0 Å². The van der Waals surface area contributed by atoms with E-state index in [2.05, 4.69) is 16.9 Å². The SMILES string of the molecule is CN(Cc1csc(C#CCO)c1)S(=O)(=O)c1ccnn1C. The highest BCUT2D eigenvalue weighted by Gasteiger charge is 2.24. The van der Waals surface area contributed by atoms with Gasteiger partial charge in [0.1, 0.15) is 6.61 Å². The lowest BCUT2D eigenvalue weighted by Crippen LogP contribution is -2.28. The van der Waals surface area contributed by atoms with Gasteiger partial charge in [0.25, 0.3) is 10.0 Å². The van der Waals surface area contributed by atoms with Crippen LogP contribution >= 0.6 is 11.3 Å². The Bertz CT molecular complexity index is 781. The van der Waals surface area contributed by atoms with Gasteiger partial charge in [-0.25, -0.2) is 8.42 Å². The lowest BCUT2D eigenvalue weighted by molar-refractivity contribution is 0.350. The fraction of sp³-hybridized carbons (Fsp3) is 0.308. The van der Waals surface area contributed by atoms with Gasteiger partial charge >= 0.3 is 0 Å². The van der Waals surface area contributed by atoms with Crippen molar-refractivity contribution in [2.45, 2.75) is 11.6 Å². The summed E-state index contributed by atoms with van der Waals surface area (Å²) in [6.07, 6.45) is 1.45. The molecule has 6 nitrogen and oxygen atoms in total. The van der Waals surface area contributed by atoms with Crippen LogP contribution in [-0.4, -0.2) is 41.3 Å². The third kappa shape index (κ3) is 3.51. The van der Waals surface area contributed by atoms with Crippen LogP contribution in [-0.2, 0) is 23.6 Å². The molecule has 0 aromatic carbocycles. The number of nitrogens with zero attached hydrogens (tertiary/aromatic N) is 3. The predicted molar refractivity (Wildman–Crippen MR) is 80.1 cm³/mol. The maximum atomic E-state index is 12.4. The monoisotopic (exact) mass is 325 g/mol. The molecule has 1 N–H and O–H groups in total. The second-order valence-electron chi connectivity index (χ2n) is 4.33. The Labute approximate surface area is 127 Å². The highest BCUT2D eigenvalue weighted by molar-refractivity contribution is 7.89. The lowest BCUT2D eigenvalue weighted by atomic mass is 10.3. The highest BCUT2D eigenvalue weighted by Crippen LogP contribution is 2.19. The molecule has 0 aliphatic carbocycles. The van der Waals surface area contributed by atoms with E-state index in [0.717, 1.165) is 10.4 Å². The zero-order valence-corrected chi connectivity index (χ0v) is 13.3. The first-order valence-electron chi connectivity index (χ1n) is 6.06. The van der Waals surface area contributed by atoms with Crippen molar-refractivity contribution in [3.8, 4) is 11.8 Å². The van der Waals surface area contributed by atoms with E-state index >= 15 is 0 Å². The smallest absolute Gasteiger partial charge is 0.260 e. The Morgan fingerprint density at radius 1 is 1.52 bits per heavy atom. The van der Waals surface area contributed by atoms with E-state index in [4.69, 9.17) is 5.11 Å². The Kier molecular flexibility index (Phi) is 4.80. The molecular weight excluding hydrogens is 310 g/mol. The summed E-state index contributed by atoms with van der Waals surface area (Å²) in [6, 6.07) is 3.29. The molecule has 2 aromatic rings. The summed E-state index contributed by atoms with van der Waals surface area (Å²) in [6.45, 7) is 0.0623. The largest absolute Gasteiger partial charge is 0.384 e. The Balaban J connectivity index is 2.16. The van der Waals surface area contributed by atoms with Gasteiger partial charge in [-0.2, -0.15) is 9.40 Å². The van der Waals surface area contributed by atoms with Gasteiger partial charge in [0, 0.05) is 20.6 Å². The maximum absolute atomic E-state index is 12.4. The van der Waals surface area contributed by atoms with E-state index in [1.807, 2.05) is 11.4 Å². The first-order chi connectivity index (χ1) is 9.95. The molecule has 21 heavy (non-hydrogen) atoms. The van der Waals surface area contributed by atoms with E-state index in [9.17, 15) is 8.42 Å². The topological polar surface area (TPSA) is 75.4 Å². The summed E-state index contributed by atoms with van der Waals surface area (Å²) in [7, 11) is -0.452. The number of hydrogen-bond acceptors (Lipinski definition) is 5. The summed E-state index contributed by atoms with van der Waals surface area (Å²) in [5, 5.41) is 14.5. The Hall–Kier alpha value is -1.66. The van der Waals surface area contributed by atoms with Crippen LogP contribution in [0.5, 0.6) is 0 Å². The number of thiophene rings is 1. The molecule has 112 valence electrons. The van der Waals surface area contributed by atoms with Crippen molar-refractivity contribution in [1.82, 2.24) is 14.1 Å². The summed E-state index contributed by atoms with van der Waals surface area (Å²) in [4.78, 5) is 0.797. The Morgan fingerprint density at radius 2 is 2.29 bits per heavy atom. The van der Waals surface area contributed by atoms with Crippen LogP contribution in [0.3, 0.4) is 0 Å². The molecule has 0 fully saturated rings. The summed E-state index contributed by atoms with van der Waals surface area (Å²) < 4.78 is 27.4. The summed E-state index contributed by atoms with van der Waals surface area (Å²) in [5.74, 6) is 5.36. The molecule has 2 heterocycles. The van der Waals surface area contributed by atoms with E-state index in [1.54, 1.807) is 7.05 Å². The minimum atomic E-state index is -3.57. The van der Waals surface area contributed by atoms with Gasteiger partial charge in [0.2, 0.25) is 0 Å². The van der Waals surface area contributed by atoms with Crippen LogP contribution < -0.4 is 0 Å². The molecule has 0 spiro atoms. The summed E-state index contributed by atoms with van der Waals surface area (Å²) in [5.41, 5.74) is 0.857. The van der Waals surface area contributed by atoms with Crippen LogP contribution in [0.2, 0.25) is 0 Å². The second kappa shape index (κ2) is 6.41. The first kappa shape index (κ1) is 15.7. The minimum absolute atomic E-state index is 0.153. The van der Waals surface area contributed by atoms with Crippen molar-refractivity contribution >= 4 is 21.4 Å². The van der Waals surface area contributed by atoms with Crippen molar-refractivity contribution < 1.29 is 13.5 Å². The van der Waals surface area contributed by atoms with Crippen molar-refractivity contribution in [3.05, 3.63) is 34.2 Å². The van der Waals surface area contributed by atoms with Gasteiger partial charge in [0.15, 0.2) is 5.03 Å². The summed E-state index contributed by atoms with van der Waals surface area (Å²) >= 11 is 1.42. The standard InChI is InChI=1S/C13H15N3O3S2/c1-15(21(18,19)13-5-6-14-16(13)2)9-11-8-12(20-10-11)4-3-7-17/h5-6,8,10,17H,7,9H2,1-2H3. The molecule has 2 rings (SSSR count). The Morgan fingerprint density at radius 3 is 2.90 bits per heavy atom. The van der Waals surface area contributed by atoms with E-state index < -0.39 is 10.0 Å². The molecule has 0 bridgehead atoms. The molecule has 0 saturated heterocycles. The molecule has 2 aromatic heterocycles. The number of aliphatic hydroxyl groups excluding tert-OH is 1. The fourth-order valence-electron chi connectivity index (χ4n) is 1.77. The first-order valence-corrected chi connectivity index (χ1v) is 8.38. The van der Waals surface area contributed by atoms with Crippen molar-refractivity contribution in [1.29, 1.82) is 0 Å². The van der Waals surface area contributed by atoms with Crippen molar-refractivity contribution in [3.63, 3.8) is 0 Å². The highest BCUT2D eigenvalue weighted by atomic mass is 32.2. The molecular formula is C13H15N3O3S2. The average Bonchev–Trinajstić information content (AvgIpc) is 3.05. The number of rotatable bonds is 4. The molecule has 0 amide bonds. The number of aliphatic hydroxyl groups is 1. The molecule has 0 atom stereocenters. The van der Waals surface area contributed by atoms with E-state index in [1.165, 1.54) is 39.6 Å². The van der Waals surface area contributed by atoms with Gasteiger partial charge in [-0.3, -0.25) is 4.68 Å². The minimum Gasteiger partial charge on any atom is -0.384 e. The van der Waals surface area contributed by atoms with Gasteiger partial charge in [-0.1, -0.05) is 11.8 Å². The number of aryl methyl sites for hydroxylation is 1. The number of sulfonamides is 1. The van der Waals surface area contributed by atoms with Crippen LogP contribution in [0.25, 0.3) is 0 Å². The molecule has 0 saturated carbocycles. The van der Waals surface area contributed by atoms with Crippen LogP contribution in [0.1, 0.15) is 10.4 Å². The molecule has 8 heteroatoms. The zero-order chi connectivity index (χ0) is 15.5. The quantitative estimate of drug-likeness (QED) is 0.838. The molecule has 0 aliphatic rings. The fourth-order valence-corrected chi connectivity index (χ4v) is 3.79. The van der Waals surface area contributed by atoms with Gasteiger partial charge in [-0.05, 0) is 23.1 Å².